The van der Waals surface area contributed by atoms with Crippen LogP contribution in [0.2, 0.25) is 0 Å². The Hall–Kier alpha value is -2.49. The van der Waals surface area contributed by atoms with Crippen molar-refractivity contribution in [1.29, 1.82) is 0 Å². The van der Waals surface area contributed by atoms with Gasteiger partial charge >= 0.3 is 5.63 Å². The lowest BCUT2D eigenvalue weighted by Crippen LogP contribution is -2.01. The highest BCUT2D eigenvalue weighted by Gasteiger charge is 2.13. The molecule has 2 heterocycles. The van der Waals surface area contributed by atoms with Crippen LogP contribution in [0.25, 0.3) is 21.4 Å². The molecular formula is C20H13Br2N3O3S. The van der Waals surface area contributed by atoms with E-state index in [1.165, 1.54) is 11.3 Å². The molecule has 0 bridgehead atoms. The van der Waals surface area contributed by atoms with Crippen LogP contribution in [-0.2, 0) is 0 Å². The van der Waals surface area contributed by atoms with Crippen LogP contribution < -0.4 is 15.8 Å². The summed E-state index contributed by atoms with van der Waals surface area (Å²) in [5.74, 6) is 0.785. The maximum absolute atomic E-state index is 12.5. The summed E-state index contributed by atoms with van der Waals surface area (Å²) in [6.07, 6.45) is 3.31. The van der Waals surface area contributed by atoms with Crippen LogP contribution in [0.4, 0.5) is 5.13 Å². The maximum Gasteiger partial charge on any atom is 0.345 e. The molecule has 0 fully saturated rings. The molecule has 0 radical (unpaired) electrons. The Bertz CT molecular complexity index is 1270. The second-order valence-corrected chi connectivity index (χ2v) is 8.73. The third-order valence-corrected chi connectivity index (χ3v) is 5.99. The molecule has 0 aliphatic carbocycles. The number of nitrogens with one attached hydrogen (secondary N) is 1. The zero-order valence-corrected chi connectivity index (χ0v) is 19.0. The lowest BCUT2D eigenvalue weighted by atomic mass is 10.2. The molecule has 0 saturated carbocycles. The van der Waals surface area contributed by atoms with Gasteiger partial charge < -0.3 is 9.15 Å². The van der Waals surface area contributed by atoms with E-state index in [4.69, 9.17) is 9.15 Å². The Morgan fingerprint density at radius 3 is 2.76 bits per heavy atom. The van der Waals surface area contributed by atoms with E-state index in [-0.39, 0.29) is 0 Å². The number of ether oxygens (including phenoxy) is 1. The highest BCUT2D eigenvalue weighted by Crippen LogP contribution is 2.32. The molecule has 1 N–H and O–H groups in total. The van der Waals surface area contributed by atoms with Crippen molar-refractivity contribution >= 4 is 65.5 Å². The van der Waals surface area contributed by atoms with Crippen LogP contribution in [0, 0.1) is 0 Å². The third kappa shape index (κ3) is 4.42. The summed E-state index contributed by atoms with van der Waals surface area (Å²) in [5, 5.41) is 5.56. The summed E-state index contributed by atoms with van der Waals surface area (Å²) in [5.41, 5.74) is 4.34. The molecule has 2 aromatic heterocycles. The molecule has 0 aliphatic rings. The highest BCUT2D eigenvalue weighted by molar-refractivity contribution is 9.11. The molecule has 2 aromatic carbocycles. The molecule has 0 spiro atoms. The molecule has 4 aromatic rings. The molecule has 146 valence electrons. The molecule has 0 aliphatic heterocycles. The van der Waals surface area contributed by atoms with Crippen LogP contribution in [-0.4, -0.2) is 18.3 Å². The van der Waals surface area contributed by atoms with E-state index in [0.717, 1.165) is 21.2 Å². The van der Waals surface area contributed by atoms with Crippen LogP contribution >= 0.6 is 43.2 Å². The van der Waals surface area contributed by atoms with E-state index in [2.05, 4.69) is 47.4 Å². The number of aromatic nitrogens is 1. The monoisotopic (exact) mass is 533 g/mol. The topological polar surface area (TPSA) is 76.7 Å². The predicted molar refractivity (Wildman–Crippen MR) is 123 cm³/mol. The minimum absolute atomic E-state index is 0.419. The molecule has 9 heteroatoms. The molecule has 4 rings (SSSR count). The number of anilines is 1. The largest absolute Gasteiger partial charge is 0.497 e. The van der Waals surface area contributed by atoms with Gasteiger partial charge in [-0.15, -0.1) is 0 Å². The van der Waals surface area contributed by atoms with Gasteiger partial charge in [0.05, 0.1) is 28.2 Å². The number of thiazole rings is 1. The number of fused-ring (bicyclic) bond motifs is 1. The quantitative estimate of drug-likeness (QED) is 0.196. The van der Waals surface area contributed by atoms with Crippen LogP contribution in [0.1, 0.15) is 5.56 Å². The van der Waals surface area contributed by atoms with Gasteiger partial charge in [-0.3, -0.25) is 5.43 Å². The molecular weight excluding hydrogens is 522 g/mol. The first kappa shape index (κ1) is 19.8. The smallest absolute Gasteiger partial charge is 0.345 e. The van der Waals surface area contributed by atoms with Crippen molar-refractivity contribution < 1.29 is 9.15 Å². The van der Waals surface area contributed by atoms with E-state index in [1.54, 1.807) is 25.6 Å². The number of hydrazone groups is 1. The summed E-state index contributed by atoms with van der Waals surface area (Å²) >= 11 is 8.19. The van der Waals surface area contributed by atoms with Gasteiger partial charge in [0, 0.05) is 16.1 Å². The number of rotatable bonds is 5. The molecule has 6 nitrogen and oxygen atoms in total. The van der Waals surface area contributed by atoms with E-state index in [9.17, 15) is 4.79 Å². The molecule has 0 amide bonds. The van der Waals surface area contributed by atoms with Crippen LogP contribution in [0.5, 0.6) is 5.75 Å². The van der Waals surface area contributed by atoms with Crippen molar-refractivity contribution in [3.05, 3.63) is 73.6 Å². The minimum atomic E-state index is -0.419. The second kappa shape index (κ2) is 8.48. The lowest BCUT2D eigenvalue weighted by molar-refractivity contribution is 0.415. The highest BCUT2D eigenvalue weighted by atomic mass is 79.9. The van der Waals surface area contributed by atoms with Gasteiger partial charge in [0.15, 0.2) is 5.58 Å². The Morgan fingerprint density at radius 1 is 1.21 bits per heavy atom. The summed E-state index contributed by atoms with van der Waals surface area (Å²) < 4.78 is 12.2. The number of benzene rings is 2. The number of halogens is 2. The number of methoxy groups -OCH3 is 1. The Labute approximate surface area is 186 Å². The fourth-order valence-electron chi connectivity index (χ4n) is 2.63. The van der Waals surface area contributed by atoms with Crippen molar-refractivity contribution in [3.63, 3.8) is 0 Å². The summed E-state index contributed by atoms with van der Waals surface area (Å²) in [7, 11) is 1.62. The van der Waals surface area contributed by atoms with E-state index in [0.29, 0.717) is 25.6 Å². The number of hydrogen-bond acceptors (Lipinski definition) is 7. The average molecular weight is 535 g/mol. The van der Waals surface area contributed by atoms with Gasteiger partial charge in [0.2, 0.25) is 5.13 Å². The van der Waals surface area contributed by atoms with Gasteiger partial charge in [0.1, 0.15) is 5.75 Å². The van der Waals surface area contributed by atoms with Crippen molar-refractivity contribution in [1.82, 2.24) is 4.98 Å². The van der Waals surface area contributed by atoms with Crippen molar-refractivity contribution in [2.24, 2.45) is 5.10 Å². The van der Waals surface area contributed by atoms with Gasteiger partial charge in [-0.1, -0.05) is 27.3 Å². The first-order chi connectivity index (χ1) is 14.0. The Balaban J connectivity index is 1.56. The Morgan fingerprint density at radius 2 is 2.00 bits per heavy atom. The molecule has 0 saturated heterocycles. The lowest BCUT2D eigenvalue weighted by Gasteiger charge is -2.03. The summed E-state index contributed by atoms with van der Waals surface area (Å²) in [4.78, 5) is 17.4. The fourth-order valence-corrected chi connectivity index (χ4v) is 4.74. The summed E-state index contributed by atoms with van der Waals surface area (Å²) in [6, 6.07) is 13.0. The SMILES string of the molecule is COc1ccc(/C=N\Nc2ncc(-c3cc4cc(Br)cc(Br)c4oc3=O)s2)cc1. The average Bonchev–Trinajstić information content (AvgIpc) is 3.17. The third-order valence-electron chi connectivity index (χ3n) is 4.01. The number of hydrogen-bond donors (Lipinski definition) is 1. The van der Waals surface area contributed by atoms with Crippen LogP contribution in [0.15, 0.2) is 71.9 Å². The first-order valence-corrected chi connectivity index (χ1v) is 10.8. The predicted octanol–water partition coefficient (Wildman–Crippen LogP) is 5.90. The Kier molecular flexibility index (Phi) is 5.79. The van der Waals surface area contributed by atoms with E-state index in [1.807, 2.05) is 36.4 Å². The molecule has 0 atom stereocenters. The maximum atomic E-state index is 12.5. The normalized spacial score (nSPS) is 11.3. The standard InChI is InChI=1S/C20H13Br2N3O3S/c1-27-14-4-2-11(3-5-14)9-24-25-20-23-10-17(29-20)15-7-12-6-13(21)8-16(22)18(12)28-19(15)26/h2-10H,1H3,(H,23,25)/b24-9-. The number of nitrogens with zero attached hydrogens (tertiary/aromatic N) is 2. The van der Waals surface area contributed by atoms with Gasteiger partial charge in [0.25, 0.3) is 0 Å². The van der Waals surface area contributed by atoms with Gasteiger partial charge in [-0.2, -0.15) is 5.10 Å². The molecule has 0 unspecified atom stereocenters. The zero-order valence-electron chi connectivity index (χ0n) is 15.0. The zero-order chi connectivity index (χ0) is 20.4. The van der Waals surface area contributed by atoms with Crippen molar-refractivity contribution in [2.75, 3.05) is 12.5 Å². The second-order valence-electron chi connectivity index (χ2n) is 5.93. The molecule has 29 heavy (non-hydrogen) atoms. The van der Waals surface area contributed by atoms with E-state index < -0.39 is 5.63 Å². The van der Waals surface area contributed by atoms with Crippen molar-refractivity contribution in [3.8, 4) is 16.2 Å². The minimum Gasteiger partial charge on any atom is -0.497 e. The van der Waals surface area contributed by atoms with Gasteiger partial charge in [-0.05, 0) is 64.0 Å². The van der Waals surface area contributed by atoms with Gasteiger partial charge in [-0.25, -0.2) is 9.78 Å². The fraction of sp³-hybridized carbons (Fsp3) is 0.0500. The summed E-state index contributed by atoms with van der Waals surface area (Å²) in [6.45, 7) is 0. The first-order valence-electron chi connectivity index (χ1n) is 8.36. The van der Waals surface area contributed by atoms with E-state index >= 15 is 0 Å². The van der Waals surface area contributed by atoms with Crippen molar-refractivity contribution in [2.45, 2.75) is 0 Å². The van der Waals surface area contributed by atoms with Crippen LogP contribution in [0.3, 0.4) is 0 Å².